The Morgan fingerprint density at radius 1 is 1.13 bits per heavy atom. The van der Waals surface area contributed by atoms with Gasteiger partial charge in [0, 0.05) is 39.1 Å². The smallest absolute Gasteiger partial charge is 0.299 e. The van der Waals surface area contributed by atoms with E-state index >= 15 is 0 Å². The summed E-state index contributed by atoms with van der Waals surface area (Å²) >= 11 is 1.39. The first-order chi connectivity index (χ1) is 18.6. The Hall–Kier alpha value is -4.12. The summed E-state index contributed by atoms with van der Waals surface area (Å²) < 4.78 is 29.6. The highest BCUT2D eigenvalue weighted by molar-refractivity contribution is 7.10. The predicted octanol–water partition coefficient (Wildman–Crippen LogP) is 3.75. The molecule has 0 saturated carbocycles. The molecule has 1 aromatic heterocycles. The minimum Gasteiger partial charge on any atom is -0.384 e. The van der Waals surface area contributed by atoms with Gasteiger partial charge in [-0.3, -0.25) is 19.8 Å². The minimum atomic E-state index is -3.14. The summed E-state index contributed by atoms with van der Waals surface area (Å²) in [4.78, 5) is 41.1. The molecule has 0 bridgehead atoms. The van der Waals surface area contributed by atoms with Crippen LogP contribution in [0.4, 0.5) is 8.78 Å². The maximum atomic E-state index is 14.8. The van der Waals surface area contributed by atoms with Gasteiger partial charge in [-0.2, -0.15) is 8.78 Å². The number of alkyl halides is 2. The van der Waals surface area contributed by atoms with Crippen molar-refractivity contribution in [1.82, 2.24) is 15.5 Å². The quantitative estimate of drug-likeness (QED) is 0.263. The highest BCUT2D eigenvalue weighted by atomic mass is 32.1. The molecule has 2 heterocycles. The van der Waals surface area contributed by atoms with E-state index < -0.39 is 23.8 Å². The van der Waals surface area contributed by atoms with Gasteiger partial charge >= 0.3 is 0 Å². The van der Waals surface area contributed by atoms with E-state index in [4.69, 9.17) is 11.1 Å². The number of carbonyl (C=O) groups excluding carboxylic acids is 3. The SMILES string of the molecule is C[C@@H](NC(=O)C1CCCN1C(=O)CNC(=O)c1ccc2c(c1)-c1ccccc1C2(F)F)c1cc(C(=N)N)cs1. The van der Waals surface area contributed by atoms with Crippen LogP contribution in [0.15, 0.2) is 53.9 Å². The molecule has 2 aliphatic rings. The molecule has 1 saturated heterocycles. The van der Waals surface area contributed by atoms with E-state index in [1.54, 1.807) is 29.6 Å². The second-order valence-corrected chi connectivity index (χ2v) is 10.6. The summed E-state index contributed by atoms with van der Waals surface area (Å²) in [5.41, 5.74) is 6.69. The predicted molar refractivity (Wildman–Crippen MR) is 144 cm³/mol. The number of nitrogen functional groups attached to an aromatic ring is 1. The van der Waals surface area contributed by atoms with E-state index in [0.717, 1.165) is 4.88 Å². The minimum absolute atomic E-state index is 0.0479. The summed E-state index contributed by atoms with van der Waals surface area (Å²) in [7, 11) is 0. The highest BCUT2D eigenvalue weighted by Gasteiger charge is 2.44. The number of nitrogens with zero attached hydrogens (tertiary/aromatic N) is 1. The largest absolute Gasteiger partial charge is 0.384 e. The van der Waals surface area contributed by atoms with Gasteiger partial charge in [0.2, 0.25) is 11.8 Å². The van der Waals surface area contributed by atoms with Crippen molar-refractivity contribution in [2.75, 3.05) is 13.1 Å². The number of amidine groups is 1. The molecule has 11 heteroatoms. The number of thiophene rings is 1. The summed E-state index contributed by atoms with van der Waals surface area (Å²) in [5, 5.41) is 14.8. The van der Waals surface area contributed by atoms with Crippen molar-refractivity contribution >= 4 is 34.9 Å². The zero-order valence-corrected chi connectivity index (χ0v) is 21.9. The van der Waals surface area contributed by atoms with Crippen LogP contribution in [0, 0.1) is 5.41 Å². The average molecular weight is 552 g/mol. The topological polar surface area (TPSA) is 128 Å². The van der Waals surface area contributed by atoms with E-state index in [-0.39, 0.29) is 41.0 Å². The van der Waals surface area contributed by atoms with Crippen molar-refractivity contribution in [2.24, 2.45) is 5.73 Å². The standard InChI is InChI=1S/C28H27F2N5O3S/c1-15(23-12-17(14-39-23)25(31)32)34-27(38)22-7-4-10-35(22)24(36)13-33-26(37)16-8-9-21-19(11-16)18-5-2-3-6-20(18)28(21,29)30/h2-3,5-6,8-9,11-12,14-15,22H,4,7,10,13H2,1H3,(H3,31,32)(H,33,37)(H,34,38)/t15-,22?/m1/s1. The van der Waals surface area contributed by atoms with E-state index in [9.17, 15) is 23.2 Å². The molecular weight excluding hydrogens is 524 g/mol. The summed E-state index contributed by atoms with van der Waals surface area (Å²) in [6.45, 7) is 1.88. The Morgan fingerprint density at radius 2 is 1.87 bits per heavy atom. The first-order valence-corrected chi connectivity index (χ1v) is 13.4. The van der Waals surface area contributed by atoms with Gasteiger partial charge in [0.15, 0.2) is 0 Å². The molecule has 202 valence electrons. The lowest BCUT2D eigenvalue weighted by Gasteiger charge is -2.25. The lowest BCUT2D eigenvalue weighted by atomic mass is 10.0. The maximum Gasteiger partial charge on any atom is 0.299 e. The van der Waals surface area contributed by atoms with Crippen molar-refractivity contribution in [3.05, 3.63) is 81.0 Å². The Labute approximate surface area is 227 Å². The first-order valence-electron chi connectivity index (χ1n) is 12.5. The number of nitrogens with one attached hydrogen (secondary N) is 3. The molecule has 2 atom stereocenters. The molecule has 1 unspecified atom stereocenters. The van der Waals surface area contributed by atoms with Crippen molar-refractivity contribution in [2.45, 2.75) is 37.8 Å². The molecule has 1 aliphatic heterocycles. The fourth-order valence-electron chi connectivity index (χ4n) is 5.12. The van der Waals surface area contributed by atoms with Gasteiger partial charge in [0.05, 0.1) is 12.6 Å². The number of benzene rings is 2. The molecule has 2 aromatic carbocycles. The van der Waals surface area contributed by atoms with Gasteiger partial charge in [-0.1, -0.05) is 30.3 Å². The van der Waals surface area contributed by atoms with Crippen LogP contribution in [0.5, 0.6) is 0 Å². The lowest BCUT2D eigenvalue weighted by molar-refractivity contribution is -0.137. The summed E-state index contributed by atoms with van der Waals surface area (Å²) in [6, 6.07) is 11.0. The van der Waals surface area contributed by atoms with Crippen molar-refractivity contribution < 1.29 is 23.2 Å². The van der Waals surface area contributed by atoms with Gasteiger partial charge in [0.1, 0.15) is 11.9 Å². The third-order valence-electron chi connectivity index (χ3n) is 7.17. The molecule has 3 aromatic rings. The van der Waals surface area contributed by atoms with Crippen LogP contribution in [-0.2, 0) is 15.5 Å². The van der Waals surface area contributed by atoms with Crippen LogP contribution in [0.1, 0.15) is 57.7 Å². The van der Waals surface area contributed by atoms with Crippen molar-refractivity contribution in [1.29, 1.82) is 5.41 Å². The third kappa shape index (κ3) is 4.89. The van der Waals surface area contributed by atoms with Gasteiger partial charge in [0.25, 0.3) is 11.8 Å². The lowest BCUT2D eigenvalue weighted by Crippen LogP contribution is -2.49. The van der Waals surface area contributed by atoms with Crippen molar-refractivity contribution in [3.63, 3.8) is 0 Å². The van der Waals surface area contributed by atoms with Gasteiger partial charge < -0.3 is 21.3 Å². The van der Waals surface area contributed by atoms with E-state index in [1.165, 1.54) is 40.5 Å². The number of halogens is 2. The molecular formula is C28H27F2N5O3S. The second-order valence-electron chi connectivity index (χ2n) is 9.69. The number of fused-ring (bicyclic) bond motifs is 3. The van der Waals surface area contributed by atoms with Crippen LogP contribution in [0.3, 0.4) is 0 Å². The number of likely N-dealkylation sites (tertiary alicyclic amines) is 1. The van der Waals surface area contributed by atoms with Gasteiger partial charge in [-0.15, -0.1) is 11.3 Å². The van der Waals surface area contributed by atoms with E-state index in [1.807, 2.05) is 6.92 Å². The van der Waals surface area contributed by atoms with Crippen LogP contribution in [-0.4, -0.2) is 47.6 Å². The number of carbonyl (C=O) groups is 3. The third-order valence-corrected chi connectivity index (χ3v) is 8.28. The maximum absolute atomic E-state index is 14.8. The molecule has 0 radical (unpaired) electrons. The Bertz CT molecular complexity index is 1490. The Morgan fingerprint density at radius 3 is 2.62 bits per heavy atom. The van der Waals surface area contributed by atoms with Crippen LogP contribution >= 0.6 is 11.3 Å². The monoisotopic (exact) mass is 551 g/mol. The first kappa shape index (κ1) is 26.5. The average Bonchev–Trinajstić information content (AvgIpc) is 3.65. The normalized spacial score (nSPS) is 17.7. The number of amides is 3. The molecule has 8 nitrogen and oxygen atoms in total. The van der Waals surface area contributed by atoms with Gasteiger partial charge in [-0.05, 0) is 49.1 Å². The fraction of sp³-hybridized carbons (Fsp3) is 0.286. The molecule has 0 spiro atoms. The van der Waals surface area contributed by atoms with Crippen LogP contribution in [0.2, 0.25) is 0 Å². The molecule has 1 aliphatic carbocycles. The molecule has 5 N–H and O–H groups in total. The number of hydrogen-bond acceptors (Lipinski definition) is 5. The summed E-state index contributed by atoms with van der Waals surface area (Å²) in [6.07, 6.45) is 1.15. The molecule has 5 rings (SSSR count). The second kappa shape index (κ2) is 10.2. The molecule has 39 heavy (non-hydrogen) atoms. The number of nitrogens with two attached hydrogens (primary N) is 1. The van der Waals surface area contributed by atoms with E-state index in [0.29, 0.717) is 36.1 Å². The Balaban J connectivity index is 1.21. The number of rotatable bonds is 7. The zero-order valence-electron chi connectivity index (χ0n) is 21.1. The van der Waals surface area contributed by atoms with E-state index in [2.05, 4.69) is 10.6 Å². The molecule has 3 amide bonds. The number of hydrogen-bond donors (Lipinski definition) is 4. The summed E-state index contributed by atoms with van der Waals surface area (Å²) in [5.74, 6) is -4.45. The highest BCUT2D eigenvalue weighted by Crippen LogP contribution is 2.50. The molecule has 1 fully saturated rings. The fourth-order valence-corrected chi connectivity index (χ4v) is 6.03. The van der Waals surface area contributed by atoms with Crippen LogP contribution in [0.25, 0.3) is 11.1 Å². The zero-order chi connectivity index (χ0) is 27.9. The van der Waals surface area contributed by atoms with Crippen LogP contribution < -0.4 is 16.4 Å². The Kier molecular flexibility index (Phi) is 6.94. The van der Waals surface area contributed by atoms with Gasteiger partial charge in [-0.25, -0.2) is 0 Å². The van der Waals surface area contributed by atoms with Crippen molar-refractivity contribution in [3.8, 4) is 11.1 Å².